The van der Waals surface area contributed by atoms with E-state index in [1.165, 1.54) is 12.1 Å². The lowest BCUT2D eigenvalue weighted by atomic mass is 10.3. The molecule has 0 radical (unpaired) electrons. The second-order valence-corrected chi connectivity index (χ2v) is 4.58. The summed E-state index contributed by atoms with van der Waals surface area (Å²) in [5.74, 6) is 0.533. The van der Waals surface area contributed by atoms with Crippen LogP contribution < -0.4 is 5.32 Å². The molecule has 0 fully saturated rings. The molecule has 0 aliphatic rings. The number of thioether (sulfide) groups is 1. The third-order valence-electron chi connectivity index (χ3n) is 2.29. The minimum atomic E-state index is -0.202. The molecule has 1 heterocycles. The zero-order valence-electron chi connectivity index (χ0n) is 9.48. The number of nitrogens with one attached hydrogen (secondary N) is 1. The summed E-state index contributed by atoms with van der Waals surface area (Å²) in [5.41, 5.74) is 2.01. The van der Waals surface area contributed by atoms with Gasteiger partial charge in [-0.1, -0.05) is 6.07 Å². The Kier molecular flexibility index (Phi) is 3.98. The van der Waals surface area contributed by atoms with Crippen LogP contribution in [0.1, 0.15) is 5.69 Å². The highest BCUT2D eigenvalue weighted by Crippen LogP contribution is 2.23. The zero-order valence-corrected chi connectivity index (χ0v) is 10.3. The van der Waals surface area contributed by atoms with Crippen molar-refractivity contribution in [1.29, 1.82) is 0 Å². The van der Waals surface area contributed by atoms with E-state index in [2.05, 4.69) is 10.3 Å². The van der Waals surface area contributed by atoms with Gasteiger partial charge in [0.15, 0.2) is 0 Å². The Bertz CT molecular complexity index is 502. The molecule has 4 heteroatoms. The van der Waals surface area contributed by atoms with Crippen LogP contribution in [0.15, 0.2) is 47.5 Å². The molecule has 88 valence electrons. The number of anilines is 1. The lowest BCUT2D eigenvalue weighted by Crippen LogP contribution is -1.92. The number of halogens is 1. The van der Waals surface area contributed by atoms with Crippen molar-refractivity contribution in [2.24, 2.45) is 0 Å². The van der Waals surface area contributed by atoms with E-state index in [0.717, 1.165) is 22.0 Å². The van der Waals surface area contributed by atoms with Crippen LogP contribution in [-0.2, 0) is 5.75 Å². The third-order valence-corrected chi connectivity index (χ3v) is 3.32. The van der Waals surface area contributed by atoms with E-state index in [1.807, 2.05) is 25.2 Å². The number of pyridine rings is 1. The topological polar surface area (TPSA) is 24.9 Å². The number of rotatable bonds is 4. The molecule has 1 N–H and O–H groups in total. The summed E-state index contributed by atoms with van der Waals surface area (Å²) in [6, 6.07) is 10.5. The van der Waals surface area contributed by atoms with Gasteiger partial charge in [0.2, 0.25) is 0 Å². The molecule has 0 saturated carbocycles. The van der Waals surface area contributed by atoms with Gasteiger partial charge in [0, 0.05) is 29.6 Å². The Labute approximate surface area is 104 Å². The van der Waals surface area contributed by atoms with Crippen LogP contribution in [0.5, 0.6) is 0 Å². The van der Waals surface area contributed by atoms with Crippen molar-refractivity contribution in [3.8, 4) is 0 Å². The van der Waals surface area contributed by atoms with E-state index in [4.69, 9.17) is 0 Å². The molecule has 17 heavy (non-hydrogen) atoms. The molecule has 0 unspecified atom stereocenters. The standard InChI is InChI=1S/C13H13FN2S/c1-15-11-5-6-16-12(8-11)9-17-13-4-2-3-10(14)7-13/h2-8H,9H2,1H3,(H,15,16). The highest BCUT2D eigenvalue weighted by Gasteiger charge is 2.00. The number of nitrogens with zero attached hydrogens (tertiary/aromatic N) is 1. The van der Waals surface area contributed by atoms with Gasteiger partial charge in [-0.15, -0.1) is 11.8 Å². The molecule has 1 aromatic heterocycles. The maximum absolute atomic E-state index is 13.0. The summed E-state index contributed by atoms with van der Waals surface area (Å²) in [7, 11) is 1.87. The van der Waals surface area contributed by atoms with E-state index >= 15 is 0 Å². The van der Waals surface area contributed by atoms with E-state index in [1.54, 1.807) is 24.0 Å². The van der Waals surface area contributed by atoms with E-state index < -0.39 is 0 Å². The van der Waals surface area contributed by atoms with Crippen LogP contribution in [0.2, 0.25) is 0 Å². The van der Waals surface area contributed by atoms with Crippen molar-refractivity contribution in [1.82, 2.24) is 4.98 Å². The van der Waals surface area contributed by atoms with Gasteiger partial charge in [0.25, 0.3) is 0 Å². The average molecular weight is 248 g/mol. The molecular weight excluding hydrogens is 235 g/mol. The van der Waals surface area contributed by atoms with Gasteiger partial charge < -0.3 is 5.32 Å². The zero-order chi connectivity index (χ0) is 12.1. The summed E-state index contributed by atoms with van der Waals surface area (Å²) >= 11 is 1.58. The van der Waals surface area contributed by atoms with Crippen LogP contribution in [0.3, 0.4) is 0 Å². The molecule has 0 atom stereocenters. The van der Waals surface area contributed by atoms with Crippen LogP contribution in [-0.4, -0.2) is 12.0 Å². The second kappa shape index (κ2) is 5.68. The van der Waals surface area contributed by atoms with Gasteiger partial charge in [0.05, 0.1) is 5.69 Å². The fraction of sp³-hybridized carbons (Fsp3) is 0.154. The summed E-state index contributed by atoms with van der Waals surface area (Å²) < 4.78 is 13.0. The largest absolute Gasteiger partial charge is 0.388 e. The van der Waals surface area contributed by atoms with Gasteiger partial charge in [-0.05, 0) is 30.3 Å². The van der Waals surface area contributed by atoms with Gasteiger partial charge in [-0.2, -0.15) is 0 Å². The first-order chi connectivity index (χ1) is 8.28. The van der Waals surface area contributed by atoms with E-state index in [0.29, 0.717) is 0 Å². The van der Waals surface area contributed by atoms with Crippen molar-refractivity contribution in [3.05, 3.63) is 54.1 Å². The predicted molar refractivity (Wildman–Crippen MR) is 69.7 cm³/mol. The highest BCUT2D eigenvalue weighted by atomic mass is 32.2. The lowest BCUT2D eigenvalue weighted by Gasteiger charge is -2.04. The van der Waals surface area contributed by atoms with Crippen LogP contribution in [0, 0.1) is 5.82 Å². The van der Waals surface area contributed by atoms with Crippen LogP contribution >= 0.6 is 11.8 Å². The predicted octanol–water partition coefficient (Wildman–Crippen LogP) is 3.55. The van der Waals surface area contributed by atoms with Crippen LogP contribution in [0.25, 0.3) is 0 Å². The van der Waals surface area contributed by atoms with Crippen molar-refractivity contribution >= 4 is 17.4 Å². The Hall–Kier alpha value is -1.55. The first-order valence-electron chi connectivity index (χ1n) is 5.29. The molecule has 0 aliphatic carbocycles. The van der Waals surface area contributed by atoms with Gasteiger partial charge >= 0.3 is 0 Å². The third kappa shape index (κ3) is 3.46. The minimum absolute atomic E-state index is 0.202. The van der Waals surface area contributed by atoms with Gasteiger partial charge in [-0.25, -0.2) is 4.39 Å². The molecule has 1 aromatic carbocycles. The highest BCUT2D eigenvalue weighted by molar-refractivity contribution is 7.98. The average Bonchev–Trinajstić information content (AvgIpc) is 2.37. The Morgan fingerprint density at radius 3 is 2.94 bits per heavy atom. The molecular formula is C13H13FN2S. The smallest absolute Gasteiger partial charge is 0.124 e. The molecule has 0 bridgehead atoms. The maximum atomic E-state index is 13.0. The number of hydrogen-bond donors (Lipinski definition) is 1. The Morgan fingerprint density at radius 2 is 2.18 bits per heavy atom. The summed E-state index contributed by atoms with van der Waals surface area (Å²) in [4.78, 5) is 5.19. The fourth-order valence-electron chi connectivity index (χ4n) is 1.43. The molecule has 2 aromatic rings. The number of aromatic nitrogens is 1. The Balaban J connectivity index is 2.02. The lowest BCUT2D eigenvalue weighted by molar-refractivity contribution is 0.624. The van der Waals surface area contributed by atoms with Crippen molar-refractivity contribution in [2.75, 3.05) is 12.4 Å². The normalized spacial score (nSPS) is 10.2. The number of benzene rings is 1. The van der Waals surface area contributed by atoms with Gasteiger partial charge in [0.1, 0.15) is 5.82 Å². The molecule has 0 saturated heterocycles. The summed E-state index contributed by atoms with van der Waals surface area (Å²) in [6.45, 7) is 0. The molecule has 2 rings (SSSR count). The molecule has 0 spiro atoms. The molecule has 0 aliphatic heterocycles. The van der Waals surface area contributed by atoms with Crippen molar-refractivity contribution in [3.63, 3.8) is 0 Å². The molecule has 0 amide bonds. The van der Waals surface area contributed by atoms with E-state index in [-0.39, 0.29) is 5.82 Å². The maximum Gasteiger partial charge on any atom is 0.124 e. The number of hydrogen-bond acceptors (Lipinski definition) is 3. The Morgan fingerprint density at radius 1 is 1.29 bits per heavy atom. The van der Waals surface area contributed by atoms with Gasteiger partial charge in [-0.3, -0.25) is 4.98 Å². The SMILES string of the molecule is CNc1ccnc(CSc2cccc(F)c2)c1. The molecule has 2 nitrogen and oxygen atoms in total. The van der Waals surface area contributed by atoms with Crippen molar-refractivity contribution < 1.29 is 4.39 Å². The van der Waals surface area contributed by atoms with Crippen LogP contribution in [0.4, 0.5) is 10.1 Å². The summed E-state index contributed by atoms with van der Waals surface area (Å²) in [5, 5.41) is 3.07. The minimum Gasteiger partial charge on any atom is -0.388 e. The first-order valence-corrected chi connectivity index (χ1v) is 6.27. The summed E-state index contributed by atoms with van der Waals surface area (Å²) in [6.07, 6.45) is 1.77. The van der Waals surface area contributed by atoms with E-state index in [9.17, 15) is 4.39 Å². The van der Waals surface area contributed by atoms with Crippen molar-refractivity contribution in [2.45, 2.75) is 10.6 Å². The first kappa shape index (κ1) is 11.9. The second-order valence-electron chi connectivity index (χ2n) is 3.53. The quantitative estimate of drug-likeness (QED) is 0.837. The fourth-order valence-corrected chi connectivity index (χ4v) is 2.27. The monoisotopic (exact) mass is 248 g/mol.